The maximum Gasteiger partial charge on any atom is 0.0233 e. The second kappa shape index (κ2) is 6.70. The third kappa shape index (κ3) is 3.40. The Kier molecular flexibility index (Phi) is 4.71. The summed E-state index contributed by atoms with van der Waals surface area (Å²) < 4.78 is 0. The molecule has 2 aliphatic heterocycles. The average Bonchev–Trinajstić information content (AvgIpc) is 2.98. The van der Waals surface area contributed by atoms with Crippen molar-refractivity contribution in [2.75, 3.05) is 32.7 Å². The van der Waals surface area contributed by atoms with E-state index in [1.807, 2.05) is 0 Å². The zero-order valence-corrected chi connectivity index (χ0v) is 12.4. The van der Waals surface area contributed by atoms with Gasteiger partial charge in [-0.2, -0.15) is 0 Å². The smallest absolute Gasteiger partial charge is 0.0233 e. The van der Waals surface area contributed by atoms with Gasteiger partial charge in [0.15, 0.2) is 0 Å². The van der Waals surface area contributed by atoms with Crippen LogP contribution in [0.2, 0.25) is 0 Å². The van der Waals surface area contributed by atoms with Gasteiger partial charge in [0.1, 0.15) is 0 Å². The van der Waals surface area contributed by atoms with Gasteiger partial charge < -0.3 is 5.73 Å². The van der Waals surface area contributed by atoms with Crippen molar-refractivity contribution in [1.29, 1.82) is 0 Å². The quantitative estimate of drug-likeness (QED) is 0.910. The van der Waals surface area contributed by atoms with Crippen molar-refractivity contribution in [2.45, 2.75) is 31.8 Å². The molecule has 0 spiro atoms. The number of hydrogen-bond donors (Lipinski definition) is 1. The first-order valence-electron chi connectivity index (χ1n) is 8.05. The minimum absolute atomic E-state index is 0.748. The van der Waals surface area contributed by atoms with Gasteiger partial charge in [-0.25, -0.2) is 0 Å². The SMILES string of the molecule is NCC1CCN(C2CCN(Cc3ccccc3)CC2)C1. The highest BCUT2D eigenvalue weighted by Gasteiger charge is 2.29. The fourth-order valence-corrected chi connectivity index (χ4v) is 3.67. The molecule has 0 radical (unpaired) electrons. The van der Waals surface area contributed by atoms with E-state index in [1.165, 1.54) is 51.0 Å². The Labute approximate surface area is 122 Å². The summed E-state index contributed by atoms with van der Waals surface area (Å²) in [5.74, 6) is 0.748. The molecule has 3 nitrogen and oxygen atoms in total. The molecular formula is C17H27N3. The maximum atomic E-state index is 5.80. The van der Waals surface area contributed by atoms with Crippen LogP contribution in [0.25, 0.3) is 0 Å². The van der Waals surface area contributed by atoms with Crippen molar-refractivity contribution in [3.63, 3.8) is 0 Å². The van der Waals surface area contributed by atoms with E-state index < -0.39 is 0 Å². The Morgan fingerprint density at radius 1 is 1.00 bits per heavy atom. The predicted molar refractivity (Wildman–Crippen MR) is 83.5 cm³/mol. The maximum absolute atomic E-state index is 5.80. The Morgan fingerprint density at radius 3 is 2.40 bits per heavy atom. The summed E-state index contributed by atoms with van der Waals surface area (Å²) in [6, 6.07) is 11.6. The molecule has 1 aromatic carbocycles. The summed E-state index contributed by atoms with van der Waals surface area (Å²) in [7, 11) is 0. The lowest BCUT2D eigenvalue weighted by molar-refractivity contribution is 0.120. The summed E-state index contributed by atoms with van der Waals surface area (Å²) >= 11 is 0. The molecule has 2 heterocycles. The van der Waals surface area contributed by atoms with Crippen molar-refractivity contribution in [3.8, 4) is 0 Å². The van der Waals surface area contributed by atoms with Crippen LogP contribution >= 0.6 is 0 Å². The van der Waals surface area contributed by atoms with Gasteiger partial charge in [-0.1, -0.05) is 30.3 Å². The zero-order valence-electron chi connectivity index (χ0n) is 12.4. The molecule has 110 valence electrons. The van der Waals surface area contributed by atoms with Crippen LogP contribution in [0.15, 0.2) is 30.3 Å². The molecule has 0 bridgehead atoms. The first kappa shape index (κ1) is 14.1. The van der Waals surface area contributed by atoms with E-state index in [1.54, 1.807) is 0 Å². The van der Waals surface area contributed by atoms with Gasteiger partial charge >= 0.3 is 0 Å². The van der Waals surface area contributed by atoms with Gasteiger partial charge in [-0.3, -0.25) is 9.80 Å². The molecule has 0 saturated carbocycles. The number of benzene rings is 1. The number of nitrogens with two attached hydrogens (primary N) is 1. The van der Waals surface area contributed by atoms with Gasteiger partial charge in [0.2, 0.25) is 0 Å². The standard InChI is InChI=1S/C17H27N3/c18-12-16-6-11-20(14-16)17-7-9-19(10-8-17)13-15-4-2-1-3-5-15/h1-5,16-17H,6-14,18H2. The van der Waals surface area contributed by atoms with E-state index in [-0.39, 0.29) is 0 Å². The van der Waals surface area contributed by atoms with Crippen molar-refractivity contribution in [1.82, 2.24) is 9.80 Å². The molecule has 1 unspecified atom stereocenters. The molecule has 0 amide bonds. The van der Waals surface area contributed by atoms with E-state index in [0.29, 0.717) is 0 Å². The van der Waals surface area contributed by atoms with Crippen LogP contribution in [0, 0.1) is 5.92 Å². The van der Waals surface area contributed by atoms with Crippen molar-refractivity contribution >= 4 is 0 Å². The van der Waals surface area contributed by atoms with E-state index in [0.717, 1.165) is 25.0 Å². The third-order valence-electron chi connectivity index (χ3n) is 4.97. The van der Waals surface area contributed by atoms with Crippen molar-refractivity contribution in [2.24, 2.45) is 11.7 Å². The molecular weight excluding hydrogens is 246 g/mol. The summed E-state index contributed by atoms with van der Waals surface area (Å²) in [5.41, 5.74) is 7.24. The van der Waals surface area contributed by atoms with E-state index in [9.17, 15) is 0 Å². The third-order valence-corrected chi connectivity index (χ3v) is 4.97. The number of hydrogen-bond acceptors (Lipinski definition) is 3. The number of piperidine rings is 1. The van der Waals surface area contributed by atoms with Crippen LogP contribution in [-0.4, -0.2) is 48.6 Å². The molecule has 2 aliphatic rings. The summed E-state index contributed by atoms with van der Waals surface area (Å²) in [4.78, 5) is 5.29. The molecule has 1 aromatic rings. The highest BCUT2D eigenvalue weighted by Crippen LogP contribution is 2.24. The van der Waals surface area contributed by atoms with Crippen LogP contribution < -0.4 is 5.73 Å². The molecule has 3 rings (SSSR count). The first-order valence-corrected chi connectivity index (χ1v) is 8.05. The molecule has 0 aromatic heterocycles. The highest BCUT2D eigenvalue weighted by atomic mass is 15.2. The minimum Gasteiger partial charge on any atom is -0.330 e. The normalized spacial score (nSPS) is 26.1. The Bertz CT molecular complexity index is 398. The highest BCUT2D eigenvalue weighted by molar-refractivity contribution is 5.14. The lowest BCUT2D eigenvalue weighted by Crippen LogP contribution is -2.43. The molecule has 0 aliphatic carbocycles. The van der Waals surface area contributed by atoms with Crippen LogP contribution in [-0.2, 0) is 6.54 Å². The van der Waals surface area contributed by atoms with E-state index >= 15 is 0 Å². The molecule has 2 N–H and O–H groups in total. The van der Waals surface area contributed by atoms with Gasteiger partial charge in [0.05, 0.1) is 0 Å². The fraction of sp³-hybridized carbons (Fsp3) is 0.647. The molecule has 2 fully saturated rings. The molecule has 2 saturated heterocycles. The first-order chi connectivity index (χ1) is 9.85. The molecule has 3 heteroatoms. The molecule has 20 heavy (non-hydrogen) atoms. The number of rotatable bonds is 4. The summed E-state index contributed by atoms with van der Waals surface area (Å²) in [6.45, 7) is 6.96. The van der Waals surface area contributed by atoms with Crippen molar-refractivity contribution < 1.29 is 0 Å². The summed E-state index contributed by atoms with van der Waals surface area (Å²) in [6.07, 6.45) is 3.95. The van der Waals surface area contributed by atoms with Crippen LogP contribution in [0.4, 0.5) is 0 Å². The Balaban J connectivity index is 1.45. The van der Waals surface area contributed by atoms with Crippen LogP contribution in [0.3, 0.4) is 0 Å². The van der Waals surface area contributed by atoms with Crippen LogP contribution in [0.1, 0.15) is 24.8 Å². The minimum atomic E-state index is 0.748. The van der Waals surface area contributed by atoms with E-state index in [4.69, 9.17) is 5.73 Å². The van der Waals surface area contributed by atoms with E-state index in [2.05, 4.69) is 40.1 Å². The molecule has 1 atom stereocenters. The Morgan fingerprint density at radius 2 is 1.75 bits per heavy atom. The number of likely N-dealkylation sites (tertiary alicyclic amines) is 2. The predicted octanol–water partition coefficient (Wildman–Crippen LogP) is 1.93. The van der Waals surface area contributed by atoms with Crippen LogP contribution in [0.5, 0.6) is 0 Å². The van der Waals surface area contributed by atoms with Gasteiger partial charge in [-0.15, -0.1) is 0 Å². The topological polar surface area (TPSA) is 32.5 Å². The average molecular weight is 273 g/mol. The fourth-order valence-electron chi connectivity index (χ4n) is 3.67. The second-order valence-electron chi connectivity index (χ2n) is 6.38. The second-order valence-corrected chi connectivity index (χ2v) is 6.38. The zero-order chi connectivity index (χ0) is 13.8. The lowest BCUT2D eigenvalue weighted by atomic mass is 10.0. The van der Waals surface area contributed by atoms with Gasteiger partial charge in [0, 0.05) is 19.1 Å². The monoisotopic (exact) mass is 273 g/mol. The number of nitrogens with zero attached hydrogens (tertiary/aromatic N) is 2. The van der Waals surface area contributed by atoms with Gasteiger partial charge in [0.25, 0.3) is 0 Å². The van der Waals surface area contributed by atoms with Crippen molar-refractivity contribution in [3.05, 3.63) is 35.9 Å². The lowest BCUT2D eigenvalue weighted by Gasteiger charge is -2.36. The summed E-state index contributed by atoms with van der Waals surface area (Å²) in [5, 5.41) is 0. The van der Waals surface area contributed by atoms with Gasteiger partial charge in [-0.05, 0) is 56.9 Å². The largest absolute Gasteiger partial charge is 0.330 e. The Hall–Kier alpha value is -0.900.